The van der Waals surface area contributed by atoms with Crippen LogP contribution in [0.1, 0.15) is 70.5 Å². The largest absolute Gasteiger partial charge is 0.330 e. The summed E-state index contributed by atoms with van der Waals surface area (Å²) in [4.78, 5) is 30.3. The number of benzene rings is 3. The SMILES string of the molecule is CC(C)[C@@H](CS(=N)(=O)C(C)C)N1C(=O)[C@@](C)(CC(=O)Nc2cccc(Br)c2)C[C@H](c2cccc(Cl)c2)[C@H]1c1ccc(Cl)cc1. The summed E-state index contributed by atoms with van der Waals surface area (Å²) >= 11 is 16.2. The van der Waals surface area contributed by atoms with Crippen LogP contribution in [0.3, 0.4) is 0 Å². The number of amides is 2. The Labute approximate surface area is 280 Å². The normalized spacial score (nSPS) is 22.6. The van der Waals surface area contributed by atoms with Crippen molar-refractivity contribution in [1.82, 2.24) is 4.90 Å². The molecule has 236 valence electrons. The van der Waals surface area contributed by atoms with Crippen molar-refractivity contribution >= 4 is 66.4 Å². The Morgan fingerprint density at radius 1 is 1.02 bits per heavy atom. The first-order valence-electron chi connectivity index (χ1n) is 14.8. The number of likely N-dealkylation sites (tertiary alicyclic amines) is 1. The summed E-state index contributed by atoms with van der Waals surface area (Å²) in [6, 6.07) is 21.4. The second kappa shape index (κ2) is 13.9. The van der Waals surface area contributed by atoms with Crippen molar-refractivity contribution in [2.75, 3.05) is 11.1 Å². The second-order valence-corrected chi connectivity index (χ2v) is 17.1. The van der Waals surface area contributed by atoms with E-state index in [1.54, 1.807) is 32.0 Å². The first-order chi connectivity index (χ1) is 20.6. The van der Waals surface area contributed by atoms with Crippen molar-refractivity contribution in [3.8, 4) is 0 Å². The van der Waals surface area contributed by atoms with Crippen LogP contribution >= 0.6 is 39.1 Å². The first kappa shape index (κ1) is 34.5. The number of rotatable bonds is 10. The Kier molecular flexibility index (Phi) is 10.9. The lowest BCUT2D eigenvalue weighted by Crippen LogP contribution is -2.59. The standard InChI is InChI=1S/C34H40BrCl2N3O3S/c1-21(2)30(20-44(38,43)22(3)4)40-32(23-12-14-26(36)15-13-23)29(24-8-6-10-27(37)16-24)18-34(5,33(40)42)19-31(41)39-28-11-7-9-25(35)17-28/h6-17,21-22,29-30,32,38H,18-20H2,1-5H3,(H,39,41)/t29-,30-,32-,34-,44?/m1/s1. The Morgan fingerprint density at radius 3 is 2.27 bits per heavy atom. The molecule has 1 saturated heterocycles. The predicted molar refractivity (Wildman–Crippen MR) is 185 cm³/mol. The minimum absolute atomic E-state index is 0.0285. The van der Waals surface area contributed by atoms with Crippen molar-refractivity contribution in [3.63, 3.8) is 0 Å². The van der Waals surface area contributed by atoms with Gasteiger partial charge in [0, 0.05) is 53.6 Å². The minimum Gasteiger partial charge on any atom is -0.330 e. The monoisotopic (exact) mass is 719 g/mol. The average molecular weight is 722 g/mol. The molecule has 1 heterocycles. The number of piperidine rings is 1. The third-order valence-corrected chi connectivity index (χ3v) is 11.9. The van der Waals surface area contributed by atoms with Crippen molar-refractivity contribution in [2.45, 2.75) is 70.7 Å². The van der Waals surface area contributed by atoms with Crippen LogP contribution in [0.4, 0.5) is 5.69 Å². The summed E-state index contributed by atoms with van der Waals surface area (Å²) in [6.07, 6.45) is 0.331. The molecule has 44 heavy (non-hydrogen) atoms. The smallest absolute Gasteiger partial charge is 0.229 e. The summed E-state index contributed by atoms with van der Waals surface area (Å²) in [7, 11) is -3.04. The lowest BCUT2D eigenvalue weighted by molar-refractivity contribution is -0.157. The molecule has 0 aliphatic carbocycles. The van der Waals surface area contributed by atoms with Gasteiger partial charge < -0.3 is 10.2 Å². The fourth-order valence-electron chi connectivity index (χ4n) is 6.08. The fourth-order valence-corrected chi connectivity index (χ4v) is 8.24. The molecule has 0 radical (unpaired) electrons. The number of hydrogen-bond donors (Lipinski definition) is 2. The zero-order valence-electron chi connectivity index (χ0n) is 25.7. The van der Waals surface area contributed by atoms with Crippen LogP contribution in [-0.2, 0) is 19.3 Å². The Balaban J connectivity index is 1.88. The molecule has 0 spiro atoms. The van der Waals surface area contributed by atoms with E-state index in [0.717, 1.165) is 15.6 Å². The number of anilines is 1. The lowest BCUT2D eigenvalue weighted by Gasteiger charge is -2.53. The fraction of sp³-hybridized carbons (Fsp3) is 0.412. The maximum absolute atomic E-state index is 14.9. The lowest BCUT2D eigenvalue weighted by atomic mass is 9.66. The van der Waals surface area contributed by atoms with Gasteiger partial charge in [-0.2, -0.15) is 0 Å². The van der Waals surface area contributed by atoms with Gasteiger partial charge in [-0.15, -0.1) is 0 Å². The van der Waals surface area contributed by atoms with Gasteiger partial charge in [0.05, 0.1) is 17.2 Å². The third-order valence-electron chi connectivity index (χ3n) is 8.56. The molecule has 3 aromatic carbocycles. The van der Waals surface area contributed by atoms with Gasteiger partial charge in [0.15, 0.2) is 0 Å². The number of carbonyl (C=O) groups excluding carboxylic acids is 2. The number of nitrogens with one attached hydrogen (secondary N) is 2. The molecule has 1 aliphatic heterocycles. The van der Waals surface area contributed by atoms with Crippen LogP contribution in [-0.4, -0.2) is 38.0 Å². The van der Waals surface area contributed by atoms with E-state index in [1.165, 1.54) is 0 Å². The van der Waals surface area contributed by atoms with Crippen molar-refractivity contribution in [1.29, 1.82) is 4.78 Å². The number of nitrogens with zero attached hydrogens (tertiary/aromatic N) is 1. The summed E-state index contributed by atoms with van der Waals surface area (Å²) in [6.45, 7) is 9.40. The minimum atomic E-state index is -3.04. The van der Waals surface area contributed by atoms with Gasteiger partial charge in [-0.25, -0.2) is 4.21 Å². The maximum Gasteiger partial charge on any atom is 0.229 e. The quantitative estimate of drug-likeness (QED) is 0.219. The zero-order valence-corrected chi connectivity index (χ0v) is 29.6. The topological polar surface area (TPSA) is 90.3 Å². The van der Waals surface area contributed by atoms with Crippen molar-refractivity contribution < 1.29 is 13.8 Å². The van der Waals surface area contributed by atoms with Crippen molar-refractivity contribution in [3.05, 3.63) is 98.4 Å². The van der Waals surface area contributed by atoms with E-state index in [1.807, 2.05) is 80.3 Å². The number of hydrogen-bond acceptors (Lipinski definition) is 4. The van der Waals surface area contributed by atoms with Crippen LogP contribution in [0.2, 0.25) is 10.0 Å². The molecule has 0 aromatic heterocycles. The van der Waals surface area contributed by atoms with Gasteiger partial charge >= 0.3 is 0 Å². The molecule has 3 aromatic rings. The third kappa shape index (κ3) is 7.87. The summed E-state index contributed by atoms with van der Waals surface area (Å²) in [5.74, 6) is -0.810. The highest BCUT2D eigenvalue weighted by Gasteiger charge is 2.53. The molecule has 1 aliphatic rings. The first-order valence-corrected chi connectivity index (χ1v) is 18.1. The molecule has 2 amide bonds. The van der Waals surface area contributed by atoms with E-state index < -0.39 is 27.2 Å². The van der Waals surface area contributed by atoms with Gasteiger partial charge in [0.1, 0.15) is 0 Å². The molecular formula is C34H40BrCl2N3O3S. The van der Waals surface area contributed by atoms with Crippen LogP contribution in [0, 0.1) is 16.1 Å². The van der Waals surface area contributed by atoms with Gasteiger partial charge in [0.2, 0.25) is 11.8 Å². The van der Waals surface area contributed by atoms with Gasteiger partial charge in [-0.3, -0.25) is 14.4 Å². The molecule has 5 atom stereocenters. The second-order valence-electron chi connectivity index (χ2n) is 12.6. The van der Waals surface area contributed by atoms with Crippen LogP contribution in [0.25, 0.3) is 0 Å². The van der Waals surface area contributed by atoms with E-state index >= 15 is 0 Å². The number of halogens is 3. The Bertz CT molecular complexity index is 1610. The average Bonchev–Trinajstić information content (AvgIpc) is 2.93. The molecule has 0 bridgehead atoms. The van der Waals surface area contributed by atoms with Crippen LogP contribution in [0.5, 0.6) is 0 Å². The van der Waals surface area contributed by atoms with E-state index in [4.69, 9.17) is 28.0 Å². The molecule has 2 N–H and O–H groups in total. The molecular weight excluding hydrogens is 681 g/mol. The zero-order chi connectivity index (χ0) is 32.4. The number of carbonyl (C=O) groups is 2. The molecule has 1 unspecified atom stereocenters. The van der Waals surface area contributed by atoms with Crippen LogP contribution < -0.4 is 5.32 Å². The van der Waals surface area contributed by atoms with E-state index in [9.17, 15) is 13.8 Å². The molecule has 1 fully saturated rings. The van der Waals surface area contributed by atoms with E-state index in [-0.39, 0.29) is 41.1 Å². The van der Waals surface area contributed by atoms with Gasteiger partial charge in [-0.05, 0) is 65.9 Å². The molecule has 0 saturated carbocycles. The van der Waals surface area contributed by atoms with E-state index in [2.05, 4.69) is 21.2 Å². The highest BCUT2D eigenvalue weighted by molar-refractivity contribution is 9.10. The molecule has 10 heteroatoms. The predicted octanol–water partition coefficient (Wildman–Crippen LogP) is 9.33. The summed E-state index contributed by atoms with van der Waals surface area (Å²) in [5.41, 5.74) is 1.34. The van der Waals surface area contributed by atoms with Crippen LogP contribution in [0.15, 0.2) is 77.3 Å². The maximum atomic E-state index is 14.9. The van der Waals surface area contributed by atoms with Gasteiger partial charge in [0.25, 0.3) is 0 Å². The van der Waals surface area contributed by atoms with E-state index in [0.29, 0.717) is 22.2 Å². The Morgan fingerprint density at radius 2 is 1.68 bits per heavy atom. The highest BCUT2D eigenvalue weighted by Crippen LogP contribution is 2.52. The Hall–Kier alpha value is -2.39. The summed E-state index contributed by atoms with van der Waals surface area (Å²) in [5, 5.41) is 3.72. The molecule has 4 rings (SSSR count). The molecule has 6 nitrogen and oxygen atoms in total. The van der Waals surface area contributed by atoms with Crippen molar-refractivity contribution in [2.24, 2.45) is 11.3 Å². The highest BCUT2D eigenvalue weighted by atomic mass is 79.9. The van der Waals surface area contributed by atoms with Gasteiger partial charge in [-0.1, -0.05) is 104 Å². The summed E-state index contributed by atoms with van der Waals surface area (Å²) < 4.78 is 23.2.